The molecule has 0 aliphatic rings. The fraction of sp³-hybridized carbons (Fsp3) is 0.154. The number of benzene rings is 1. The third kappa shape index (κ3) is 3.91. The fourth-order valence-electron chi connectivity index (χ4n) is 1.58. The number of halogens is 4. The molecule has 0 fully saturated rings. The molecule has 1 aromatic heterocycles. The molecular formula is C13H9ClF3N3O. The maximum atomic E-state index is 12.7. The summed E-state index contributed by atoms with van der Waals surface area (Å²) in [5, 5.41) is 2.05. The van der Waals surface area contributed by atoms with E-state index in [0.717, 1.165) is 12.1 Å². The van der Waals surface area contributed by atoms with Crippen molar-refractivity contribution in [1.29, 1.82) is 0 Å². The summed E-state index contributed by atoms with van der Waals surface area (Å²) in [6, 6.07) is 4.99. The van der Waals surface area contributed by atoms with Gasteiger partial charge in [-0.25, -0.2) is 9.97 Å². The zero-order chi connectivity index (χ0) is 15.5. The predicted octanol–water partition coefficient (Wildman–Crippen LogP) is 3.08. The van der Waals surface area contributed by atoms with E-state index < -0.39 is 17.6 Å². The molecule has 2 aromatic rings. The predicted molar refractivity (Wildman–Crippen MR) is 69.7 cm³/mol. The highest BCUT2D eigenvalue weighted by atomic mass is 35.5. The van der Waals surface area contributed by atoms with Crippen LogP contribution in [0.3, 0.4) is 0 Å². The molecule has 0 bridgehead atoms. The number of nitrogens with zero attached hydrogens (tertiary/aromatic N) is 2. The van der Waals surface area contributed by atoms with E-state index in [-0.39, 0.29) is 23.0 Å². The number of amides is 1. The molecule has 1 aromatic carbocycles. The Kier molecular flexibility index (Phi) is 4.42. The van der Waals surface area contributed by atoms with E-state index >= 15 is 0 Å². The lowest BCUT2D eigenvalue weighted by Crippen LogP contribution is -2.25. The number of carbonyl (C=O) groups is 1. The first kappa shape index (κ1) is 15.2. The number of hydrogen-bond donors (Lipinski definition) is 1. The van der Waals surface area contributed by atoms with Crippen LogP contribution in [0.25, 0.3) is 0 Å². The minimum Gasteiger partial charge on any atom is -0.345 e. The third-order valence-corrected chi connectivity index (χ3v) is 2.89. The average Bonchev–Trinajstić information content (AvgIpc) is 2.45. The largest absolute Gasteiger partial charge is 0.417 e. The smallest absolute Gasteiger partial charge is 0.345 e. The van der Waals surface area contributed by atoms with E-state index in [1.807, 2.05) is 0 Å². The van der Waals surface area contributed by atoms with Crippen molar-refractivity contribution in [3.8, 4) is 0 Å². The molecule has 1 heterocycles. The second-order valence-corrected chi connectivity index (χ2v) is 4.47. The lowest BCUT2D eigenvalue weighted by Gasteiger charge is -2.11. The second kappa shape index (κ2) is 6.09. The maximum absolute atomic E-state index is 12.7. The number of rotatable bonds is 3. The molecule has 1 N–H and O–H groups in total. The Morgan fingerprint density at radius 2 is 1.90 bits per heavy atom. The summed E-state index contributed by atoms with van der Waals surface area (Å²) in [4.78, 5) is 19.2. The SMILES string of the molecule is O=C(NCc1ccc(Cl)c(C(F)(F)F)c1)c1ncccn1. The van der Waals surface area contributed by atoms with Crippen LogP contribution in [-0.4, -0.2) is 15.9 Å². The van der Waals surface area contributed by atoms with Crippen molar-refractivity contribution in [3.63, 3.8) is 0 Å². The van der Waals surface area contributed by atoms with E-state index in [1.54, 1.807) is 6.07 Å². The van der Waals surface area contributed by atoms with E-state index in [9.17, 15) is 18.0 Å². The van der Waals surface area contributed by atoms with E-state index in [4.69, 9.17) is 11.6 Å². The van der Waals surface area contributed by atoms with Crippen molar-refractivity contribution < 1.29 is 18.0 Å². The van der Waals surface area contributed by atoms with Crippen molar-refractivity contribution in [3.05, 3.63) is 58.6 Å². The minimum atomic E-state index is -4.54. The summed E-state index contributed by atoms with van der Waals surface area (Å²) in [5.41, 5.74) is -0.664. The third-order valence-electron chi connectivity index (χ3n) is 2.56. The molecule has 21 heavy (non-hydrogen) atoms. The van der Waals surface area contributed by atoms with Crippen LogP contribution in [0, 0.1) is 0 Å². The van der Waals surface area contributed by atoms with Gasteiger partial charge in [-0.1, -0.05) is 17.7 Å². The monoisotopic (exact) mass is 315 g/mol. The topological polar surface area (TPSA) is 54.9 Å². The molecule has 0 atom stereocenters. The summed E-state index contributed by atoms with van der Waals surface area (Å²) in [6.45, 7) is -0.0860. The van der Waals surface area contributed by atoms with Crippen molar-refractivity contribution in [2.24, 2.45) is 0 Å². The van der Waals surface area contributed by atoms with Crippen molar-refractivity contribution in [1.82, 2.24) is 15.3 Å². The molecule has 110 valence electrons. The highest BCUT2D eigenvalue weighted by Crippen LogP contribution is 2.35. The molecule has 0 spiro atoms. The van der Waals surface area contributed by atoms with Gasteiger partial charge in [0.15, 0.2) is 0 Å². The first-order chi connectivity index (χ1) is 9.88. The summed E-state index contributed by atoms with van der Waals surface area (Å²) < 4.78 is 38.1. The van der Waals surface area contributed by atoms with Gasteiger partial charge in [-0.2, -0.15) is 13.2 Å². The quantitative estimate of drug-likeness (QED) is 0.947. The molecule has 4 nitrogen and oxygen atoms in total. The van der Waals surface area contributed by atoms with Gasteiger partial charge < -0.3 is 5.32 Å². The minimum absolute atomic E-state index is 0.0532. The first-order valence-electron chi connectivity index (χ1n) is 5.79. The molecule has 0 saturated carbocycles. The van der Waals surface area contributed by atoms with Crippen LogP contribution in [0.15, 0.2) is 36.7 Å². The highest BCUT2D eigenvalue weighted by molar-refractivity contribution is 6.31. The summed E-state index contributed by atoms with van der Waals surface area (Å²) in [5.74, 6) is -0.624. The normalized spacial score (nSPS) is 11.2. The number of nitrogens with one attached hydrogen (secondary N) is 1. The Balaban J connectivity index is 2.09. The lowest BCUT2D eigenvalue weighted by molar-refractivity contribution is -0.137. The van der Waals surface area contributed by atoms with Crippen LogP contribution in [0.5, 0.6) is 0 Å². The van der Waals surface area contributed by atoms with Gasteiger partial charge in [-0.05, 0) is 23.8 Å². The molecule has 0 radical (unpaired) electrons. The van der Waals surface area contributed by atoms with E-state index in [0.29, 0.717) is 0 Å². The Morgan fingerprint density at radius 1 is 1.24 bits per heavy atom. The molecule has 2 rings (SSSR count). The number of hydrogen-bond acceptors (Lipinski definition) is 3. The number of aromatic nitrogens is 2. The van der Waals surface area contributed by atoms with Gasteiger partial charge in [-0.3, -0.25) is 4.79 Å². The van der Waals surface area contributed by atoms with Crippen LogP contribution < -0.4 is 5.32 Å². The van der Waals surface area contributed by atoms with Gasteiger partial charge in [0.1, 0.15) is 0 Å². The number of carbonyl (C=O) groups excluding carboxylic acids is 1. The molecule has 8 heteroatoms. The van der Waals surface area contributed by atoms with E-state index in [1.165, 1.54) is 18.5 Å². The van der Waals surface area contributed by atoms with Crippen LogP contribution >= 0.6 is 11.6 Å². The van der Waals surface area contributed by atoms with Crippen LogP contribution in [0.1, 0.15) is 21.7 Å². The zero-order valence-corrected chi connectivity index (χ0v) is 11.2. The molecule has 1 amide bonds. The van der Waals surface area contributed by atoms with Crippen molar-refractivity contribution in [2.45, 2.75) is 12.7 Å². The molecule has 0 saturated heterocycles. The van der Waals surface area contributed by atoms with Gasteiger partial charge in [0, 0.05) is 18.9 Å². The van der Waals surface area contributed by atoms with Crippen LogP contribution in [0.2, 0.25) is 5.02 Å². The van der Waals surface area contributed by atoms with Gasteiger partial charge in [0.25, 0.3) is 5.91 Å². The maximum Gasteiger partial charge on any atom is 0.417 e. The Labute approximate surface area is 123 Å². The Hall–Kier alpha value is -2.15. The second-order valence-electron chi connectivity index (χ2n) is 4.07. The average molecular weight is 316 g/mol. The van der Waals surface area contributed by atoms with Crippen molar-refractivity contribution >= 4 is 17.5 Å². The summed E-state index contributed by atoms with van der Waals surface area (Å²) in [6.07, 6.45) is -1.75. The zero-order valence-electron chi connectivity index (χ0n) is 10.5. The van der Waals surface area contributed by atoms with E-state index in [2.05, 4.69) is 15.3 Å². The van der Waals surface area contributed by atoms with Gasteiger partial charge in [-0.15, -0.1) is 0 Å². The summed E-state index contributed by atoms with van der Waals surface area (Å²) >= 11 is 5.51. The number of alkyl halides is 3. The molecule has 0 aliphatic carbocycles. The van der Waals surface area contributed by atoms with Gasteiger partial charge in [0.05, 0.1) is 10.6 Å². The van der Waals surface area contributed by atoms with Crippen molar-refractivity contribution in [2.75, 3.05) is 0 Å². The Bertz CT molecular complexity index is 647. The lowest BCUT2D eigenvalue weighted by atomic mass is 10.1. The molecular weight excluding hydrogens is 307 g/mol. The van der Waals surface area contributed by atoms with Crippen LogP contribution in [-0.2, 0) is 12.7 Å². The molecule has 0 aliphatic heterocycles. The Morgan fingerprint density at radius 3 is 2.52 bits per heavy atom. The molecule has 0 unspecified atom stereocenters. The first-order valence-corrected chi connectivity index (χ1v) is 6.16. The highest BCUT2D eigenvalue weighted by Gasteiger charge is 2.33. The summed E-state index contributed by atoms with van der Waals surface area (Å²) in [7, 11) is 0. The standard InChI is InChI=1S/C13H9ClF3N3O/c14-10-3-2-8(6-9(10)13(15,16)17)7-20-12(21)11-18-4-1-5-19-11/h1-6H,7H2,(H,20,21). The van der Waals surface area contributed by atoms with Gasteiger partial charge >= 0.3 is 6.18 Å². The van der Waals surface area contributed by atoms with Crippen LogP contribution in [0.4, 0.5) is 13.2 Å². The van der Waals surface area contributed by atoms with Gasteiger partial charge in [0.2, 0.25) is 5.82 Å². The fourth-order valence-corrected chi connectivity index (χ4v) is 1.80.